The van der Waals surface area contributed by atoms with Crippen molar-refractivity contribution in [1.82, 2.24) is 21.3 Å². The molecule has 0 saturated carbocycles. The minimum absolute atomic E-state index is 0.138. The molecule has 0 fully saturated rings. The summed E-state index contributed by atoms with van der Waals surface area (Å²) in [6.07, 6.45) is -0.735. The maximum atomic E-state index is 12.6. The average molecular weight is 401 g/mol. The fraction of sp³-hybridized carbons (Fsp3) is 0.688. The smallest absolute Gasteiger partial charge is 0.245 e. The summed E-state index contributed by atoms with van der Waals surface area (Å²) in [5, 5.41) is 26.6. The molecule has 0 aliphatic carbocycles. The highest BCUT2D eigenvalue weighted by Gasteiger charge is 2.33. The highest BCUT2D eigenvalue weighted by atomic mass is 16.3. The SMILES string of the molecule is CC(=O)NC(C)(C)C(=O)N[C@@H](CCCNC(=N)N)C(=O)N[C@H](C(N)=O)[C@@H](C)O. The number of rotatable bonds is 11. The molecule has 0 saturated heterocycles. The van der Waals surface area contributed by atoms with Gasteiger partial charge in [0.2, 0.25) is 23.6 Å². The fourth-order valence-electron chi connectivity index (χ4n) is 2.32. The molecule has 0 rings (SSSR count). The van der Waals surface area contributed by atoms with Gasteiger partial charge < -0.3 is 37.8 Å². The minimum Gasteiger partial charge on any atom is -0.391 e. The van der Waals surface area contributed by atoms with E-state index in [4.69, 9.17) is 16.9 Å². The van der Waals surface area contributed by atoms with Crippen LogP contribution in [0.1, 0.15) is 40.5 Å². The molecule has 160 valence electrons. The lowest BCUT2D eigenvalue weighted by molar-refractivity contribution is -0.136. The van der Waals surface area contributed by atoms with Crippen LogP contribution in [0.2, 0.25) is 0 Å². The van der Waals surface area contributed by atoms with Crippen LogP contribution < -0.4 is 32.7 Å². The summed E-state index contributed by atoms with van der Waals surface area (Å²) >= 11 is 0. The third kappa shape index (κ3) is 9.16. The van der Waals surface area contributed by atoms with Crippen molar-refractivity contribution in [2.24, 2.45) is 11.5 Å². The highest BCUT2D eigenvalue weighted by Crippen LogP contribution is 2.06. The standard InChI is InChI=1S/C16H31N7O5/c1-8(24)11(12(17)26)22-13(27)10(6-5-7-20-15(18)19)21-14(28)16(3,4)23-9(2)25/h8,10-11,24H,5-7H2,1-4H3,(H2,17,26)(H,21,28)(H,22,27)(H,23,25)(H4,18,19,20)/t8-,10+,11+/m1/s1. The van der Waals surface area contributed by atoms with E-state index in [9.17, 15) is 24.3 Å². The number of hydrogen-bond donors (Lipinski definition) is 8. The molecule has 0 aliphatic rings. The summed E-state index contributed by atoms with van der Waals surface area (Å²) in [5.74, 6) is -2.92. The molecule has 0 bridgehead atoms. The van der Waals surface area contributed by atoms with Crippen molar-refractivity contribution in [3.63, 3.8) is 0 Å². The topological polar surface area (TPSA) is 213 Å². The van der Waals surface area contributed by atoms with E-state index >= 15 is 0 Å². The van der Waals surface area contributed by atoms with Crippen LogP contribution in [0.15, 0.2) is 0 Å². The molecule has 10 N–H and O–H groups in total. The molecule has 28 heavy (non-hydrogen) atoms. The lowest BCUT2D eigenvalue weighted by atomic mass is 10.0. The molecule has 12 heteroatoms. The van der Waals surface area contributed by atoms with Crippen molar-refractivity contribution in [3.8, 4) is 0 Å². The zero-order chi connectivity index (χ0) is 22.1. The Balaban J connectivity index is 5.24. The lowest BCUT2D eigenvalue weighted by Gasteiger charge is -2.28. The molecule has 3 atom stereocenters. The van der Waals surface area contributed by atoms with Crippen LogP contribution in [0.3, 0.4) is 0 Å². The van der Waals surface area contributed by atoms with Crippen LogP contribution >= 0.6 is 0 Å². The second-order valence-electron chi connectivity index (χ2n) is 6.94. The molecule has 0 aromatic heterocycles. The molecule has 0 radical (unpaired) electrons. The molecule has 12 nitrogen and oxygen atoms in total. The molecule has 0 heterocycles. The molecular weight excluding hydrogens is 370 g/mol. The summed E-state index contributed by atoms with van der Waals surface area (Å²) < 4.78 is 0. The number of carbonyl (C=O) groups excluding carboxylic acids is 4. The third-order valence-corrected chi connectivity index (χ3v) is 3.75. The molecule has 0 aromatic carbocycles. The first-order valence-electron chi connectivity index (χ1n) is 8.73. The van der Waals surface area contributed by atoms with Crippen LogP contribution in [0, 0.1) is 5.41 Å². The predicted molar refractivity (Wildman–Crippen MR) is 102 cm³/mol. The van der Waals surface area contributed by atoms with E-state index in [1.165, 1.54) is 27.7 Å². The Morgan fingerprint density at radius 3 is 2.14 bits per heavy atom. The Morgan fingerprint density at radius 1 is 1.14 bits per heavy atom. The van der Waals surface area contributed by atoms with E-state index in [1.807, 2.05) is 0 Å². The molecule has 0 spiro atoms. The van der Waals surface area contributed by atoms with Crippen LogP contribution in [-0.2, 0) is 19.2 Å². The van der Waals surface area contributed by atoms with Crippen molar-refractivity contribution in [3.05, 3.63) is 0 Å². The monoisotopic (exact) mass is 401 g/mol. The van der Waals surface area contributed by atoms with E-state index in [1.54, 1.807) is 0 Å². The van der Waals surface area contributed by atoms with Gasteiger partial charge in [-0.15, -0.1) is 0 Å². The maximum absolute atomic E-state index is 12.6. The molecule has 0 aliphatic heterocycles. The molecular formula is C16H31N7O5. The van der Waals surface area contributed by atoms with Crippen LogP contribution in [-0.4, -0.2) is 65.0 Å². The fourth-order valence-corrected chi connectivity index (χ4v) is 2.32. The molecule has 0 aromatic rings. The van der Waals surface area contributed by atoms with E-state index in [2.05, 4.69) is 21.3 Å². The number of guanidine groups is 1. The number of nitrogens with one attached hydrogen (secondary N) is 5. The summed E-state index contributed by atoms with van der Waals surface area (Å²) in [4.78, 5) is 47.7. The van der Waals surface area contributed by atoms with Crippen molar-refractivity contribution in [1.29, 1.82) is 5.41 Å². The first-order chi connectivity index (χ1) is 12.8. The van der Waals surface area contributed by atoms with Crippen LogP contribution in [0.5, 0.6) is 0 Å². The number of primary amides is 1. The zero-order valence-corrected chi connectivity index (χ0v) is 16.6. The Kier molecular flexibility index (Phi) is 9.92. The predicted octanol–water partition coefficient (Wildman–Crippen LogP) is -3.00. The van der Waals surface area contributed by atoms with E-state index in [-0.39, 0.29) is 18.9 Å². The summed E-state index contributed by atoms with van der Waals surface area (Å²) in [7, 11) is 0. The van der Waals surface area contributed by atoms with Gasteiger partial charge in [0.1, 0.15) is 17.6 Å². The molecule has 4 amide bonds. The zero-order valence-electron chi connectivity index (χ0n) is 16.6. The summed E-state index contributed by atoms with van der Waals surface area (Å²) in [5.41, 5.74) is 9.08. The van der Waals surface area contributed by atoms with Gasteiger partial charge in [0.15, 0.2) is 5.96 Å². The Hall–Kier alpha value is -2.89. The van der Waals surface area contributed by atoms with Gasteiger partial charge in [-0.1, -0.05) is 0 Å². The van der Waals surface area contributed by atoms with E-state index in [0.29, 0.717) is 6.42 Å². The number of hydrogen-bond acceptors (Lipinski definition) is 6. The van der Waals surface area contributed by atoms with Crippen molar-refractivity contribution in [2.45, 2.75) is 64.3 Å². The second-order valence-corrected chi connectivity index (χ2v) is 6.94. The van der Waals surface area contributed by atoms with Crippen LogP contribution in [0.25, 0.3) is 0 Å². The largest absolute Gasteiger partial charge is 0.391 e. The van der Waals surface area contributed by atoms with Gasteiger partial charge in [0, 0.05) is 13.5 Å². The van der Waals surface area contributed by atoms with Gasteiger partial charge in [0.05, 0.1) is 6.10 Å². The highest BCUT2D eigenvalue weighted by molar-refractivity contribution is 5.95. The van der Waals surface area contributed by atoms with E-state index in [0.717, 1.165) is 0 Å². The van der Waals surface area contributed by atoms with Gasteiger partial charge in [0.25, 0.3) is 0 Å². The first-order valence-corrected chi connectivity index (χ1v) is 8.73. The number of nitrogens with two attached hydrogens (primary N) is 2. The van der Waals surface area contributed by atoms with Gasteiger partial charge in [-0.05, 0) is 33.6 Å². The number of carbonyl (C=O) groups is 4. The van der Waals surface area contributed by atoms with Gasteiger partial charge in [-0.3, -0.25) is 24.6 Å². The van der Waals surface area contributed by atoms with Crippen LogP contribution in [0.4, 0.5) is 0 Å². The number of amides is 4. The lowest BCUT2D eigenvalue weighted by Crippen LogP contribution is -2.61. The number of aliphatic hydroxyl groups is 1. The third-order valence-electron chi connectivity index (χ3n) is 3.75. The van der Waals surface area contributed by atoms with Crippen molar-refractivity contribution < 1.29 is 24.3 Å². The normalized spacial score (nSPS) is 14.2. The number of aliphatic hydroxyl groups excluding tert-OH is 1. The van der Waals surface area contributed by atoms with Crippen molar-refractivity contribution >= 4 is 29.6 Å². The Bertz CT molecular complexity index is 606. The van der Waals surface area contributed by atoms with Gasteiger partial charge >= 0.3 is 0 Å². The van der Waals surface area contributed by atoms with Gasteiger partial charge in [-0.2, -0.15) is 0 Å². The van der Waals surface area contributed by atoms with Gasteiger partial charge in [-0.25, -0.2) is 0 Å². The minimum atomic E-state index is -1.33. The average Bonchev–Trinajstić information content (AvgIpc) is 2.52. The summed E-state index contributed by atoms with van der Waals surface area (Å²) in [6.45, 7) is 5.77. The van der Waals surface area contributed by atoms with E-state index < -0.39 is 47.4 Å². The second kappa shape index (κ2) is 11.1. The Labute approximate surface area is 163 Å². The summed E-state index contributed by atoms with van der Waals surface area (Å²) in [6, 6.07) is -2.40. The quantitative estimate of drug-likeness (QED) is 0.102. The first kappa shape index (κ1) is 25.1. The maximum Gasteiger partial charge on any atom is 0.245 e. The Morgan fingerprint density at radius 2 is 1.71 bits per heavy atom. The molecule has 0 unspecified atom stereocenters. The van der Waals surface area contributed by atoms with Crippen molar-refractivity contribution in [2.75, 3.05) is 6.54 Å².